The van der Waals surface area contributed by atoms with Gasteiger partial charge in [-0.1, -0.05) is 122 Å². The predicted octanol–water partition coefficient (Wildman–Crippen LogP) is 11.4. The van der Waals surface area contributed by atoms with Gasteiger partial charge in [0.2, 0.25) is 0 Å². The molecule has 0 spiro atoms. The Bertz CT molecular complexity index is 2020. The van der Waals surface area contributed by atoms with Gasteiger partial charge in [0.25, 0.3) is 0 Å². The summed E-state index contributed by atoms with van der Waals surface area (Å²) in [5, 5.41) is 6.03. The maximum absolute atomic E-state index is 6.27. The Morgan fingerprint density at radius 2 is 1.07 bits per heavy atom. The van der Waals surface area contributed by atoms with Crippen LogP contribution in [0.5, 0.6) is 0 Å². The summed E-state index contributed by atoms with van der Waals surface area (Å²) in [5.74, 6) is 0.800. The Hall–Kier alpha value is -5.14. The van der Waals surface area contributed by atoms with Crippen molar-refractivity contribution in [3.8, 4) is 33.4 Å². The van der Waals surface area contributed by atoms with Gasteiger partial charge in [-0.15, -0.1) is 0 Å². The molecule has 1 heteroatoms. The lowest BCUT2D eigenvalue weighted by Crippen LogP contribution is -1.91. The van der Waals surface area contributed by atoms with E-state index in [4.69, 9.17) is 4.42 Å². The van der Waals surface area contributed by atoms with Gasteiger partial charge >= 0.3 is 0 Å². The molecule has 0 N–H and O–H groups in total. The maximum atomic E-state index is 6.27. The highest BCUT2D eigenvalue weighted by atomic mass is 16.3. The fourth-order valence-corrected chi connectivity index (χ4v) is 6.02. The zero-order valence-corrected chi connectivity index (χ0v) is 22.4. The molecule has 1 aromatic heterocycles. The van der Waals surface area contributed by atoms with Crippen molar-refractivity contribution < 1.29 is 4.42 Å². The molecule has 7 aromatic rings. The number of hydrogen-bond donors (Lipinski definition) is 0. The standard InChI is InChI=1S/C39H28O/c1-3-13-30-31-23-22-29(25-37(31)40-36(30)4-2)39-34-20-10-8-18-32(34)38(33-19-9-11-21-35(33)39)28-17-12-16-27(24-28)26-14-6-5-7-15-26/h3-25H,2H2,1H3/b13-3-. The van der Waals surface area contributed by atoms with E-state index >= 15 is 0 Å². The van der Waals surface area contributed by atoms with E-state index in [0.717, 1.165) is 27.9 Å². The molecule has 0 saturated heterocycles. The van der Waals surface area contributed by atoms with E-state index in [2.05, 4.69) is 134 Å². The summed E-state index contributed by atoms with van der Waals surface area (Å²) < 4.78 is 6.27. The number of fused-ring (bicyclic) bond motifs is 3. The van der Waals surface area contributed by atoms with Crippen LogP contribution in [0.3, 0.4) is 0 Å². The molecule has 0 fully saturated rings. The third-order valence-corrected chi connectivity index (χ3v) is 7.75. The summed E-state index contributed by atoms with van der Waals surface area (Å²) >= 11 is 0. The minimum atomic E-state index is 0.800. The molecule has 0 aliphatic carbocycles. The van der Waals surface area contributed by atoms with Crippen LogP contribution in [-0.4, -0.2) is 0 Å². The Balaban J connectivity index is 1.52. The van der Waals surface area contributed by atoms with Crippen LogP contribution >= 0.6 is 0 Å². The molecule has 0 aliphatic heterocycles. The number of allylic oxidation sites excluding steroid dienone is 1. The summed E-state index contributed by atoms with van der Waals surface area (Å²) in [7, 11) is 0. The molecular weight excluding hydrogens is 484 g/mol. The maximum Gasteiger partial charge on any atom is 0.136 e. The molecule has 0 amide bonds. The van der Waals surface area contributed by atoms with Gasteiger partial charge in [0.15, 0.2) is 0 Å². The summed E-state index contributed by atoms with van der Waals surface area (Å²) in [6.45, 7) is 5.99. The molecule has 0 saturated carbocycles. The Labute approximate surface area is 234 Å². The van der Waals surface area contributed by atoms with Gasteiger partial charge in [0.1, 0.15) is 11.3 Å². The monoisotopic (exact) mass is 512 g/mol. The van der Waals surface area contributed by atoms with Crippen molar-refractivity contribution in [3.63, 3.8) is 0 Å². The van der Waals surface area contributed by atoms with Gasteiger partial charge in [-0.25, -0.2) is 0 Å². The smallest absolute Gasteiger partial charge is 0.136 e. The summed E-state index contributed by atoms with van der Waals surface area (Å²) in [4.78, 5) is 0. The van der Waals surface area contributed by atoms with E-state index in [1.165, 1.54) is 49.4 Å². The van der Waals surface area contributed by atoms with E-state index in [1.54, 1.807) is 6.08 Å². The zero-order valence-electron chi connectivity index (χ0n) is 22.4. The molecule has 40 heavy (non-hydrogen) atoms. The quantitative estimate of drug-likeness (QED) is 0.209. The second-order valence-corrected chi connectivity index (χ2v) is 10.1. The fraction of sp³-hybridized carbons (Fsp3) is 0.0256. The van der Waals surface area contributed by atoms with Crippen molar-refractivity contribution in [2.75, 3.05) is 0 Å². The molecule has 0 radical (unpaired) electrons. The van der Waals surface area contributed by atoms with Crippen molar-refractivity contribution in [2.45, 2.75) is 6.92 Å². The minimum absolute atomic E-state index is 0.800. The first-order valence-corrected chi connectivity index (χ1v) is 13.7. The van der Waals surface area contributed by atoms with Crippen LogP contribution in [0.4, 0.5) is 0 Å². The lowest BCUT2D eigenvalue weighted by molar-refractivity contribution is 0.603. The Morgan fingerprint density at radius 1 is 0.525 bits per heavy atom. The lowest BCUT2D eigenvalue weighted by Gasteiger charge is -2.18. The van der Waals surface area contributed by atoms with Gasteiger partial charge in [-0.2, -0.15) is 0 Å². The zero-order chi connectivity index (χ0) is 27.1. The van der Waals surface area contributed by atoms with Crippen molar-refractivity contribution in [3.05, 3.63) is 145 Å². The van der Waals surface area contributed by atoms with Gasteiger partial charge in [0, 0.05) is 10.9 Å². The lowest BCUT2D eigenvalue weighted by atomic mass is 9.85. The van der Waals surface area contributed by atoms with Crippen molar-refractivity contribution >= 4 is 44.7 Å². The average Bonchev–Trinajstić information content (AvgIpc) is 3.37. The number of furan rings is 1. The summed E-state index contributed by atoms with van der Waals surface area (Å²) in [5.41, 5.74) is 9.22. The molecular formula is C39H28O. The normalized spacial score (nSPS) is 11.6. The summed E-state index contributed by atoms with van der Waals surface area (Å²) in [6.07, 6.45) is 5.92. The SMILES string of the molecule is C=Cc1oc2cc(-c3c4ccccc4c(-c4cccc(-c5ccccc5)c4)c4ccccc34)ccc2c1/C=C\C. The van der Waals surface area contributed by atoms with Crippen LogP contribution in [0, 0.1) is 0 Å². The van der Waals surface area contributed by atoms with Crippen LogP contribution in [-0.2, 0) is 0 Å². The van der Waals surface area contributed by atoms with Crippen LogP contribution in [0.1, 0.15) is 18.2 Å². The molecule has 0 aliphatic rings. The Morgan fingerprint density at radius 3 is 1.68 bits per heavy atom. The minimum Gasteiger partial charge on any atom is -0.456 e. The highest BCUT2D eigenvalue weighted by Gasteiger charge is 2.18. The van der Waals surface area contributed by atoms with E-state index < -0.39 is 0 Å². The molecule has 1 heterocycles. The molecule has 7 rings (SSSR count). The first kappa shape index (κ1) is 23.9. The highest BCUT2D eigenvalue weighted by molar-refractivity contribution is 6.21. The van der Waals surface area contributed by atoms with Gasteiger partial charge in [-0.3, -0.25) is 0 Å². The molecule has 6 aromatic carbocycles. The molecule has 0 unspecified atom stereocenters. The van der Waals surface area contributed by atoms with Crippen molar-refractivity contribution in [2.24, 2.45) is 0 Å². The molecule has 190 valence electrons. The first-order chi connectivity index (χ1) is 19.8. The van der Waals surface area contributed by atoms with Crippen LogP contribution in [0.25, 0.3) is 78.0 Å². The van der Waals surface area contributed by atoms with Gasteiger partial charge < -0.3 is 4.42 Å². The van der Waals surface area contributed by atoms with E-state index in [-0.39, 0.29) is 0 Å². The van der Waals surface area contributed by atoms with E-state index in [1.807, 2.05) is 13.0 Å². The van der Waals surface area contributed by atoms with Crippen molar-refractivity contribution in [1.82, 2.24) is 0 Å². The fourth-order valence-electron chi connectivity index (χ4n) is 6.02. The van der Waals surface area contributed by atoms with Crippen molar-refractivity contribution in [1.29, 1.82) is 0 Å². The third kappa shape index (κ3) is 3.87. The second kappa shape index (κ2) is 9.87. The van der Waals surface area contributed by atoms with E-state index in [0.29, 0.717) is 0 Å². The van der Waals surface area contributed by atoms with Gasteiger partial charge in [0.05, 0.1) is 0 Å². The second-order valence-electron chi connectivity index (χ2n) is 10.1. The molecule has 0 atom stereocenters. The van der Waals surface area contributed by atoms with E-state index in [9.17, 15) is 0 Å². The average molecular weight is 513 g/mol. The van der Waals surface area contributed by atoms with Crippen LogP contribution in [0.15, 0.2) is 138 Å². The first-order valence-electron chi connectivity index (χ1n) is 13.7. The molecule has 0 bridgehead atoms. The topological polar surface area (TPSA) is 13.1 Å². The number of benzene rings is 6. The number of rotatable bonds is 5. The van der Waals surface area contributed by atoms with Crippen LogP contribution < -0.4 is 0 Å². The third-order valence-electron chi connectivity index (χ3n) is 7.75. The predicted molar refractivity (Wildman–Crippen MR) is 172 cm³/mol. The highest BCUT2D eigenvalue weighted by Crippen LogP contribution is 2.45. The number of hydrogen-bond acceptors (Lipinski definition) is 1. The largest absolute Gasteiger partial charge is 0.456 e. The van der Waals surface area contributed by atoms with Crippen LogP contribution in [0.2, 0.25) is 0 Å². The molecule has 1 nitrogen and oxygen atoms in total. The summed E-state index contributed by atoms with van der Waals surface area (Å²) in [6, 6.07) is 43.6. The van der Waals surface area contributed by atoms with Gasteiger partial charge in [-0.05, 0) is 86.1 Å². The Kier molecular flexibility index (Phi) is 5.91.